The molecule has 1 aliphatic heterocycles. The van der Waals surface area contributed by atoms with Gasteiger partial charge in [-0.15, -0.1) is 0 Å². The number of rotatable bonds is 3. The van der Waals surface area contributed by atoms with E-state index in [1.165, 1.54) is 0 Å². The summed E-state index contributed by atoms with van der Waals surface area (Å²) in [5.74, 6) is 0.485. The van der Waals surface area contributed by atoms with Gasteiger partial charge >= 0.3 is 7.12 Å². The van der Waals surface area contributed by atoms with Gasteiger partial charge < -0.3 is 14.8 Å². The first kappa shape index (κ1) is 13.9. The molecule has 4 heteroatoms. The zero-order chi connectivity index (χ0) is 14.0. The van der Waals surface area contributed by atoms with Crippen LogP contribution in [0.5, 0.6) is 5.75 Å². The lowest BCUT2D eigenvalue weighted by molar-refractivity contribution is 0.168. The highest BCUT2D eigenvalue weighted by atomic mass is 16.5. The zero-order valence-corrected chi connectivity index (χ0v) is 11.3. The van der Waals surface area contributed by atoms with Crippen molar-refractivity contribution in [1.82, 2.24) is 0 Å². The molecule has 1 aliphatic rings. The molecule has 0 fully saturated rings. The predicted molar refractivity (Wildman–Crippen MR) is 76.6 cm³/mol. The van der Waals surface area contributed by atoms with Gasteiger partial charge in [0.1, 0.15) is 5.75 Å². The summed E-state index contributed by atoms with van der Waals surface area (Å²) in [6, 6.07) is 6.93. The van der Waals surface area contributed by atoms with Crippen molar-refractivity contribution in [3.63, 3.8) is 0 Å². The molecule has 2 rings (SSSR count). The lowest BCUT2D eigenvalue weighted by atomic mass is 9.69. The Kier molecular flexibility index (Phi) is 4.12. The molecule has 0 saturated carbocycles. The molecule has 1 aromatic carbocycles. The van der Waals surface area contributed by atoms with Crippen LogP contribution in [0, 0.1) is 5.92 Å². The number of phenolic OH excluding ortho intramolecular Hbond substituents is 1. The minimum atomic E-state index is -0.948. The highest BCUT2D eigenvalue weighted by molar-refractivity contribution is 6.54. The molecule has 19 heavy (non-hydrogen) atoms. The minimum absolute atomic E-state index is 0.206. The summed E-state index contributed by atoms with van der Waals surface area (Å²) in [5, 5.41) is 19.6. The Bertz CT molecular complexity index is 508. The predicted octanol–water partition coefficient (Wildman–Crippen LogP) is 3.01. The van der Waals surface area contributed by atoms with Gasteiger partial charge in [0.25, 0.3) is 0 Å². The van der Waals surface area contributed by atoms with Gasteiger partial charge in [-0.05, 0) is 35.5 Å². The summed E-state index contributed by atoms with van der Waals surface area (Å²) >= 11 is 0. The quantitative estimate of drug-likeness (QED) is 0.819. The van der Waals surface area contributed by atoms with Gasteiger partial charge in [0.2, 0.25) is 0 Å². The molecule has 1 aromatic rings. The average Bonchev–Trinajstić information content (AvgIpc) is 2.37. The van der Waals surface area contributed by atoms with Gasteiger partial charge in [0.15, 0.2) is 0 Å². The number of hydrogen-bond donors (Lipinski definition) is 2. The van der Waals surface area contributed by atoms with Crippen LogP contribution in [-0.4, -0.2) is 17.2 Å². The highest BCUT2D eigenvalue weighted by Crippen LogP contribution is 2.33. The van der Waals surface area contributed by atoms with E-state index in [9.17, 15) is 10.1 Å². The van der Waals surface area contributed by atoms with Gasteiger partial charge in [-0.25, -0.2) is 0 Å². The van der Waals surface area contributed by atoms with Gasteiger partial charge in [0.05, 0.1) is 6.10 Å². The Labute approximate surface area is 114 Å². The van der Waals surface area contributed by atoms with Crippen LogP contribution in [0.2, 0.25) is 0 Å². The third-order valence-electron chi connectivity index (χ3n) is 3.42. The SMILES string of the molecule is C=C(C1=CCC(c2cccc(O)c2)OB1O)C(C)C. The normalized spacial score (nSPS) is 19.5. The van der Waals surface area contributed by atoms with Crippen LogP contribution in [-0.2, 0) is 4.65 Å². The third kappa shape index (κ3) is 3.08. The number of hydrogen-bond acceptors (Lipinski definition) is 3. The minimum Gasteiger partial charge on any atom is -0.508 e. The standard InChI is InChI=1S/C15H19BO3/c1-10(2)11(3)14-7-8-15(19-16(14)18)12-5-4-6-13(17)9-12/h4-7,9-10,15,17-18H,3,8H2,1-2H3. The van der Waals surface area contributed by atoms with Crippen LogP contribution in [0.3, 0.4) is 0 Å². The summed E-state index contributed by atoms with van der Waals surface area (Å²) in [7, 11) is -0.948. The van der Waals surface area contributed by atoms with Crippen LogP contribution in [0.15, 0.2) is 48.0 Å². The maximum absolute atomic E-state index is 10.1. The largest absolute Gasteiger partial charge is 0.508 e. The van der Waals surface area contributed by atoms with Crippen LogP contribution in [0.25, 0.3) is 0 Å². The molecule has 1 heterocycles. The summed E-state index contributed by atoms with van der Waals surface area (Å²) in [6.45, 7) is 8.07. The first-order valence-corrected chi connectivity index (χ1v) is 6.50. The molecule has 2 N–H and O–H groups in total. The monoisotopic (exact) mass is 258 g/mol. The van der Waals surface area contributed by atoms with E-state index in [4.69, 9.17) is 4.65 Å². The lowest BCUT2D eigenvalue weighted by Gasteiger charge is -2.27. The maximum atomic E-state index is 10.1. The van der Waals surface area contributed by atoms with E-state index in [1.807, 2.05) is 26.0 Å². The van der Waals surface area contributed by atoms with Crippen molar-refractivity contribution >= 4 is 7.12 Å². The summed E-state index contributed by atoms with van der Waals surface area (Å²) in [5.41, 5.74) is 2.54. The summed E-state index contributed by atoms with van der Waals surface area (Å²) < 4.78 is 5.63. The molecular formula is C15H19BO3. The smallest absolute Gasteiger partial charge is 0.491 e. The molecule has 0 radical (unpaired) electrons. The van der Waals surface area contributed by atoms with Crippen molar-refractivity contribution in [3.05, 3.63) is 53.5 Å². The van der Waals surface area contributed by atoms with Crippen molar-refractivity contribution in [1.29, 1.82) is 0 Å². The van der Waals surface area contributed by atoms with Crippen molar-refractivity contribution < 1.29 is 14.8 Å². The van der Waals surface area contributed by atoms with E-state index in [0.29, 0.717) is 6.42 Å². The second-order valence-corrected chi connectivity index (χ2v) is 5.15. The zero-order valence-electron chi connectivity index (χ0n) is 11.3. The van der Waals surface area contributed by atoms with E-state index in [2.05, 4.69) is 6.58 Å². The first-order chi connectivity index (χ1) is 8.99. The Balaban J connectivity index is 2.17. The van der Waals surface area contributed by atoms with E-state index in [0.717, 1.165) is 16.6 Å². The van der Waals surface area contributed by atoms with Gasteiger partial charge in [-0.1, -0.05) is 44.2 Å². The van der Waals surface area contributed by atoms with Crippen molar-refractivity contribution in [2.75, 3.05) is 0 Å². The molecule has 0 aromatic heterocycles. The molecule has 100 valence electrons. The van der Waals surface area contributed by atoms with Crippen LogP contribution >= 0.6 is 0 Å². The topological polar surface area (TPSA) is 49.7 Å². The van der Waals surface area contributed by atoms with E-state index < -0.39 is 7.12 Å². The van der Waals surface area contributed by atoms with E-state index in [-0.39, 0.29) is 17.8 Å². The van der Waals surface area contributed by atoms with Gasteiger partial charge in [-0.3, -0.25) is 0 Å². The Hall–Kier alpha value is -1.52. The van der Waals surface area contributed by atoms with Crippen LogP contribution in [0.1, 0.15) is 31.9 Å². The maximum Gasteiger partial charge on any atom is 0.491 e. The molecule has 0 aliphatic carbocycles. The summed E-state index contributed by atoms with van der Waals surface area (Å²) in [6.07, 6.45) is 2.41. The second kappa shape index (κ2) is 5.64. The number of allylic oxidation sites excluding steroid dienone is 2. The van der Waals surface area contributed by atoms with E-state index in [1.54, 1.807) is 18.2 Å². The van der Waals surface area contributed by atoms with E-state index >= 15 is 0 Å². The highest BCUT2D eigenvalue weighted by Gasteiger charge is 2.31. The molecule has 0 saturated heterocycles. The molecule has 1 atom stereocenters. The van der Waals surface area contributed by atoms with Crippen LogP contribution in [0.4, 0.5) is 0 Å². The Morgan fingerprint density at radius 2 is 2.21 bits per heavy atom. The molecular weight excluding hydrogens is 239 g/mol. The summed E-state index contributed by atoms with van der Waals surface area (Å²) in [4.78, 5) is 0. The van der Waals surface area contributed by atoms with Crippen LogP contribution < -0.4 is 0 Å². The number of phenols is 1. The molecule has 3 nitrogen and oxygen atoms in total. The molecule has 0 spiro atoms. The molecule has 1 unspecified atom stereocenters. The Morgan fingerprint density at radius 3 is 2.79 bits per heavy atom. The molecule has 0 amide bonds. The van der Waals surface area contributed by atoms with Gasteiger partial charge in [-0.2, -0.15) is 0 Å². The van der Waals surface area contributed by atoms with Gasteiger partial charge in [0, 0.05) is 0 Å². The van der Waals surface area contributed by atoms with Crippen molar-refractivity contribution in [2.24, 2.45) is 5.92 Å². The Morgan fingerprint density at radius 1 is 1.47 bits per heavy atom. The van der Waals surface area contributed by atoms with Crippen molar-refractivity contribution in [3.8, 4) is 5.75 Å². The fourth-order valence-electron chi connectivity index (χ4n) is 2.18. The second-order valence-electron chi connectivity index (χ2n) is 5.15. The molecule has 0 bridgehead atoms. The number of benzene rings is 1. The third-order valence-corrected chi connectivity index (χ3v) is 3.42. The fraction of sp³-hybridized carbons (Fsp3) is 0.333. The lowest BCUT2D eigenvalue weighted by Crippen LogP contribution is -2.29. The first-order valence-electron chi connectivity index (χ1n) is 6.50. The fourth-order valence-corrected chi connectivity index (χ4v) is 2.18. The van der Waals surface area contributed by atoms with Crippen molar-refractivity contribution in [2.45, 2.75) is 26.4 Å². The number of aromatic hydroxyl groups is 1. The average molecular weight is 258 g/mol.